The molecule has 0 amide bonds. The van der Waals surface area contributed by atoms with Crippen LogP contribution in [-0.2, 0) is 4.74 Å². The largest absolute Gasteiger partial charge is 0.379 e. The molecule has 3 rings (SSSR count). The van der Waals surface area contributed by atoms with Gasteiger partial charge in [-0.15, -0.1) is 35.3 Å². The number of ether oxygens (including phenoxy) is 1. The summed E-state index contributed by atoms with van der Waals surface area (Å²) in [7, 11) is 4.24. The molecule has 1 aliphatic heterocycles. The second-order valence-corrected chi connectivity index (χ2v) is 8.65. The Bertz CT molecular complexity index is 751. The quantitative estimate of drug-likeness (QED) is 0.281. The molecule has 2 aromatic rings. The van der Waals surface area contributed by atoms with E-state index >= 15 is 0 Å². The van der Waals surface area contributed by atoms with E-state index in [4.69, 9.17) is 9.73 Å². The summed E-state index contributed by atoms with van der Waals surface area (Å²) < 4.78 is 5.56. The first kappa shape index (κ1) is 26.1. The van der Waals surface area contributed by atoms with Crippen LogP contribution in [0.25, 0.3) is 0 Å². The highest BCUT2D eigenvalue weighted by Crippen LogP contribution is 2.26. The zero-order valence-electron chi connectivity index (χ0n) is 18.8. The minimum Gasteiger partial charge on any atom is -0.379 e. The van der Waals surface area contributed by atoms with Crippen molar-refractivity contribution in [1.82, 2.24) is 20.4 Å². The molecule has 2 unspecified atom stereocenters. The minimum absolute atomic E-state index is 0. The van der Waals surface area contributed by atoms with E-state index in [0.29, 0.717) is 6.04 Å². The number of guanidine groups is 1. The fourth-order valence-electron chi connectivity index (χ4n) is 3.74. The van der Waals surface area contributed by atoms with Gasteiger partial charge in [-0.3, -0.25) is 9.89 Å². The maximum Gasteiger partial charge on any atom is 0.191 e. The number of hydrogen-bond donors (Lipinski definition) is 2. The molecule has 1 aliphatic rings. The molecule has 0 radical (unpaired) electrons. The van der Waals surface area contributed by atoms with Crippen molar-refractivity contribution in [2.45, 2.75) is 19.0 Å². The molecule has 0 spiro atoms. The van der Waals surface area contributed by atoms with Gasteiger partial charge in [0.05, 0.1) is 31.8 Å². The van der Waals surface area contributed by atoms with Crippen LogP contribution in [0.3, 0.4) is 0 Å². The highest BCUT2D eigenvalue weighted by Gasteiger charge is 2.23. The van der Waals surface area contributed by atoms with Gasteiger partial charge in [-0.05, 0) is 38.0 Å². The lowest BCUT2D eigenvalue weighted by Crippen LogP contribution is -2.43. The summed E-state index contributed by atoms with van der Waals surface area (Å²) in [6.45, 7) is 7.98. The molecule has 6 nitrogen and oxygen atoms in total. The number of thiophene rings is 1. The van der Waals surface area contributed by atoms with Crippen molar-refractivity contribution in [3.63, 3.8) is 0 Å². The highest BCUT2D eigenvalue weighted by atomic mass is 127. The third-order valence-electron chi connectivity index (χ3n) is 5.40. The Hall–Kier alpha value is -1.20. The van der Waals surface area contributed by atoms with Gasteiger partial charge in [0.1, 0.15) is 0 Å². The van der Waals surface area contributed by atoms with Gasteiger partial charge >= 0.3 is 0 Å². The molecule has 8 heteroatoms. The first-order valence-corrected chi connectivity index (χ1v) is 11.7. The highest BCUT2D eigenvalue weighted by molar-refractivity contribution is 14.0. The van der Waals surface area contributed by atoms with E-state index in [1.54, 1.807) is 0 Å². The number of benzene rings is 1. The summed E-state index contributed by atoms with van der Waals surface area (Å²) in [5, 5.41) is 9.12. The average Bonchev–Trinajstić information content (AvgIpc) is 3.30. The molecule has 1 aromatic carbocycles. The summed E-state index contributed by atoms with van der Waals surface area (Å²) in [5.41, 5.74) is 1.30. The third kappa shape index (κ3) is 8.02. The smallest absolute Gasteiger partial charge is 0.191 e. The zero-order valence-corrected chi connectivity index (χ0v) is 21.9. The van der Waals surface area contributed by atoms with Gasteiger partial charge in [-0.2, -0.15) is 0 Å². The SMILES string of the molecule is CCNC(=NCC(c1cccs1)N1CCOCC1)NCC(c1ccccc1)N(C)C.I. The van der Waals surface area contributed by atoms with E-state index in [1.165, 1.54) is 10.4 Å². The van der Waals surface area contributed by atoms with Crippen LogP contribution in [0.4, 0.5) is 0 Å². The molecule has 2 atom stereocenters. The third-order valence-corrected chi connectivity index (χ3v) is 6.37. The van der Waals surface area contributed by atoms with Crippen molar-refractivity contribution >= 4 is 41.3 Å². The second-order valence-electron chi connectivity index (χ2n) is 7.67. The summed E-state index contributed by atoms with van der Waals surface area (Å²) in [5.74, 6) is 0.870. The van der Waals surface area contributed by atoms with Gasteiger partial charge in [-0.25, -0.2) is 0 Å². The lowest BCUT2D eigenvalue weighted by atomic mass is 10.1. The molecule has 1 fully saturated rings. The van der Waals surface area contributed by atoms with Gasteiger partial charge < -0.3 is 20.3 Å². The van der Waals surface area contributed by atoms with Crippen molar-refractivity contribution in [3.05, 3.63) is 58.3 Å². The number of nitrogens with zero attached hydrogens (tertiary/aromatic N) is 3. The molecular weight excluding hydrogens is 521 g/mol. The maximum atomic E-state index is 5.56. The van der Waals surface area contributed by atoms with E-state index in [2.05, 4.69) is 89.3 Å². The van der Waals surface area contributed by atoms with Crippen LogP contribution < -0.4 is 10.6 Å². The number of rotatable bonds is 9. The molecule has 2 N–H and O–H groups in total. The van der Waals surface area contributed by atoms with Crippen LogP contribution in [-0.4, -0.2) is 75.8 Å². The standard InChI is InChI=1S/C23H35N5OS.HI/c1-4-24-23(25-17-20(27(2)3)19-9-6-5-7-10-19)26-18-21(22-11-8-16-30-22)28-12-14-29-15-13-28;/h5-11,16,20-21H,4,12-15,17-18H2,1-3H3,(H2,24,25,26);1H. The van der Waals surface area contributed by atoms with E-state index in [9.17, 15) is 0 Å². The Labute approximate surface area is 208 Å². The summed E-state index contributed by atoms with van der Waals surface area (Å²) in [4.78, 5) is 11.1. The molecule has 172 valence electrons. The number of aliphatic imine (C=N–C) groups is 1. The van der Waals surface area contributed by atoms with Gasteiger partial charge in [0, 0.05) is 31.1 Å². The fourth-order valence-corrected chi connectivity index (χ4v) is 4.59. The van der Waals surface area contributed by atoms with Gasteiger partial charge in [0.25, 0.3) is 0 Å². The Morgan fingerprint density at radius 3 is 2.48 bits per heavy atom. The Morgan fingerprint density at radius 1 is 1.13 bits per heavy atom. The zero-order chi connectivity index (χ0) is 21.2. The predicted molar refractivity (Wildman–Crippen MR) is 142 cm³/mol. The van der Waals surface area contributed by atoms with E-state index < -0.39 is 0 Å². The number of nitrogens with one attached hydrogen (secondary N) is 2. The van der Waals surface area contributed by atoms with E-state index in [1.807, 2.05) is 11.3 Å². The first-order valence-electron chi connectivity index (χ1n) is 10.8. The molecule has 0 saturated carbocycles. The van der Waals surface area contributed by atoms with Crippen LogP contribution in [0, 0.1) is 0 Å². The molecular formula is C23H36IN5OS. The number of likely N-dealkylation sites (N-methyl/N-ethyl adjacent to an activating group) is 1. The van der Waals surface area contributed by atoms with Crippen LogP contribution in [0.1, 0.15) is 29.4 Å². The van der Waals surface area contributed by atoms with Crippen LogP contribution >= 0.6 is 35.3 Å². The topological polar surface area (TPSA) is 52.1 Å². The molecule has 1 aromatic heterocycles. The van der Waals surface area contributed by atoms with Crippen molar-refractivity contribution in [2.24, 2.45) is 4.99 Å². The molecule has 0 aliphatic carbocycles. The summed E-state index contributed by atoms with van der Waals surface area (Å²) in [6.07, 6.45) is 0. The van der Waals surface area contributed by atoms with Crippen molar-refractivity contribution < 1.29 is 4.74 Å². The van der Waals surface area contributed by atoms with Crippen LogP contribution in [0.15, 0.2) is 52.8 Å². The number of morpholine rings is 1. The van der Waals surface area contributed by atoms with E-state index in [0.717, 1.165) is 51.9 Å². The fraction of sp³-hybridized carbons (Fsp3) is 0.522. The summed E-state index contributed by atoms with van der Waals surface area (Å²) >= 11 is 1.81. The van der Waals surface area contributed by atoms with E-state index in [-0.39, 0.29) is 30.0 Å². The predicted octanol–water partition coefficient (Wildman–Crippen LogP) is 3.60. The van der Waals surface area contributed by atoms with Gasteiger partial charge in [0.2, 0.25) is 0 Å². The Balaban J connectivity index is 0.00000341. The van der Waals surface area contributed by atoms with Gasteiger partial charge in [-0.1, -0.05) is 36.4 Å². The van der Waals surface area contributed by atoms with Crippen LogP contribution in [0.2, 0.25) is 0 Å². The first-order chi connectivity index (χ1) is 14.7. The Morgan fingerprint density at radius 2 is 1.87 bits per heavy atom. The lowest BCUT2D eigenvalue weighted by molar-refractivity contribution is 0.0186. The van der Waals surface area contributed by atoms with Crippen molar-refractivity contribution in [2.75, 3.05) is 60.0 Å². The molecule has 2 heterocycles. The molecule has 31 heavy (non-hydrogen) atoms. The number of hydrogen-bond acceptors (Lipinski definition) is 5. The minimum atomic E-state index is 0. The monoisotopic (exact) mass is 557 g/mol. The molecule has 1 saturated heterocycles. The van der Waals surface area contributed by atoms with Crippen LogP contribution in [0.5, 0.6) is 0 Å². The normalized spacial score (nSPS) is 17.1. The maximum absolute atomic E-state index is 5.56. The Kier molecular flexibility index (Phi) is 11.8. The van der Waals surface area contributed by atoms with Crippen molar-refractivity contribution in [1.29, 1.82) is 0 Å². The summed E-state index contributed by atoms with van der Waals surface area (Å²) in [6, 6.07) is 15.5. The van der Waals surface area contributed by atoms with Crippen molar-refractivity contribution in [3.8, 4) is 0 Å². The molecule has 0 bridgehead atoms. The average molecular weight is 558 g/mol. The lowest BCUT2D eigenvalue weighted by Gasteiger charge is -2.33. The number of halogens is 1. The van der Waals surface area contributed by atoms with Gasteiger partial charge in [0.15, 0.2) is 5.96 Å². The second kappa shape index (κ2) is 14.1.